The van der Waals surface area contributed by atoms with Gasteiger partial charge in [0.15, 0.2) is 5.82 Å². The number of halogens is 4. The zero-order valence-corrected chi connectivity index (χ0v) is 23.9. The van der Waals surface area contributed by atoms with Crippen LogP contribution < -0.4 is 26.3 Å². The molecule has 4 aliphatic rings. The number of nitrogens with zero attached hydrogens (tertiary/aromatic N) is 4. The lowest BCUT2D eigenvalue weighted by Crippen LogP contribution is -2.45. The maximum atomic E-state index is 16.2. The number of nitrogen functional groups attached to an aromatic ring is 2. The molecule has 0 spiro atoms. The number of hydrogen-bond donors (Lipinski definition) is 3. The van der Waals surface area contributed by atoms with Crippen molar-refractivity contribution in [3.05, 3.63) is 23.1 Å². The van der Waals surface area contributed by atoms with Gasteiger partial charge >= 0.3 is 12.2 Å². The normalized spacial score (nSPS) is 23.4. The van der Waals surface area contributed by atoms with Crippen molar-refractivity contribution in [3.63, 3.8) is 0 Å². The molecular weight excluding hydrogens is 558 g/mol. The number of anilines is 2. The van der Waals surface area contributed by atoms with Crippen LogP contribution in [0.25, 0.3) is 22.2 Å². The van der Waals surface area contributed by atoms with Crippen LogP contribution in [0.1, 0.15) is 57.7 Å². The van der Waals surface area contributed by atoms with E-state index in [0.29, 0.717) is 13.0 Å². The fraction of sp³-hybridized carbons (Fsp3) is 0.571. The summed E-state index contributed by atoms with van der Waals surface area (Å²) in [6, 6.07) is 0.955. The van der Waals surface area contributed by atoms with Gasteiger partial charge in [-0.25, -0.2) is 14.4 Å². The molecule has 2 bridgehead atoms. The van der Waals surface area contributed by atoms with Gasteiger partial charge in [0.1, 0.15) is 28.2 Å². The molecule has 3 saturated heterocycles. The summed E-state index contributed by atoms with van der Waals surface area (Å²) in [7, 11) is 0. The molecule has 2 atom stereocenters. The minimum atomic E-state index is -4.87. The van der Waals surface area contributed by atoms with E-state index in [1.165, 1.54) is 0 Å². The summed E-state index contributed by atoms with van der Waals surface area (Å²) in [4.78, 5) is 16.4. The van der Waals surface area contributed by atoms with E-state index < -0.39 is 40.6 Å². The van der Waals surface area contributed by atoms with Crippen LogP contribution >= 0.6 is 0 Å². The van der Waals surface area contributed by atoms with Crippen molar-refractivity contribution in [1.29, 1.82) is 0 Å². The van der Waals surface area contributed by atoms with E-state index >= 15 is 4.39 Å². The summed E-state index contributed by atoms with van der Waals surface area (Å²) in [5.74, 6) is -1.73. The maximum absolute atomic E-state index is 16.2. The minimum absolute atomic E-state index is 0.0552. The lowest BCUT2D eigenvalue weighted by atomic mass is 9.71. The predicted octanol–water partition coefficient (Wildman–Crippen LogP) is 4.82. The molecule has 0 amide bonds. The minimum Gasteiger partial charge on any atom is -0.474 e. The fourth-order valence-corrected chi connectivity index (χ4v) is 5.72. The first kappa shape index (κ1) is 30.0. The number of aromatic nitrogens is 4. The smallest absolute Gasteiger partial charge is 0.418 e. The van der Waals surface area contributed by atoms with Gasteiger partial charge in [-0.15, -0.1) is 0 Å². The molecule has 0 aromatic carbocycles. The van der Waals surface area contributed by atoms with Crippen LogP contribution in [0, 0.1) is 18.2 Å². The third-order valence-electron chi connectivity index (χ3n) is 7.83. The zero-order chi connectivity index (χ0) is 30.4. The Kier molecular flexibility index (Phi) is 8.05. The molecule has 14 heteroatoms. The van der Waals surface area contributed by atoms with Crippen LogP contribution in [0.4, 0.5) is 29.2 Å². The van der Waals surface area contributed by atoms with Gasteiger partial charge in [-0.2, -0.15) is 23.1 Å². The number of ether oxygens (including phenoxy) is 3. The van der Waals surface area contributed by atoms with Crippen LogP contribution in [-0.2, 0) is 10.9 Å². The molecule has 1 saturated carbocycles. The number of nitrogens with two attached hydrogens (primary N) is 2. The highest BCUT2D eigenvalue weighted by molar-refractivity contribution is 5.95. The second-order valence-electron chi connectivity index (χ2n) is 11.0. The summed E-state index contributed by atoms with van der Waals surface area (Å²) >= 11 is 0. The molecule has 6 heterocycles. The Hall–Kier alpha value is -3.52. The molecule has 0 radical (unpaired) electrons. The molecule has 10 nitrogen and oxygen atoms in total. The van der Waals surface area contributed by atoms with Crippen molar-refractivity contribution in [2.24, 2.45) is 5.41 Å². The van der Waals surface area contributed by atoms with Gasteiger partial charge in [0.05, 0.1) is 36.7 Å². The molecule has 228 valence electrons. The predicted molar refractivity (Wildman–Crippen MR) is 148 cm³/mol. The van der Waals surface area contributed by atoms with E-state index in [-0.39, 0.29) is 58.6 Å². The first-order valence-corrected chi connectivity index (χ1v) is 14.1. The highest BCUT2D eigenvalue weighted by Crippen LogP contribution is 2.50. The molecule has 2 unspecified atom stereocenters. The Morgan fingerprint density at radius 2 is 1.88 bits per heavy atom. The van der Waals surface area contributed by atoms with Crippen molar-refractivity contribution in [2.45, 2.75) is 77.8 Å². The first-order valence-electron chi connectivity index (χ1n) is 14.1. The van der Waals surface area contributed by atoms with Crippen LogP contribution in [0.5, 0.6) is 11.9 Å². The van der Waals surface area contributed by atoms with Gasteiger partial charge in [0.25, 0.3) is 0 Å². The average molecular weight is 594 g/mol. The quantitative estimate of drug-likeness (QED) is 0.311. The summed E-state index contributed by atoms with van der Waals surface area (Å²) in [5, 5.41) is 3.21. The number of fused-ring (bicyclic) bond motifs is 2. The Bertz CT molecular complexity index is 1470. The van der Waals surface area contributed by atoms with Crippen molar-refractivity contribution in [3.8, 4) is 23.1 Å². The standard InChI is InChI=1S/C26H29F4N7O3.C2H6/c1-11(5-13-3-4-33-13)40-23-17-21(36-24(37-22(17)32)39-10-25-7-14(8-25)38-9-25)19(27)20(35-23)15-6-16(31)34-12(2)18(15)26(28,29)30;1-2/h6,11,13-14,33H,3-5,7-10H2,1-2H3,(H2,31,34)(H2,32,36,37);1-2H3. The van der Waals surface area contributed by atoms with Gasteiger partial charge in [-0.3, -0.25) is 0 Å². The second kappa shape index (κ2) is 11.3. The summed E-state index contributed by atoms with van der Waals surface area (Å²) in [5.41, 5.74) is 8.68. The van der Waals surface area contributed by atoms with E-state index in [1.807, 2.05) is 13.8 Å². The lowest BCUT2D eigenvalue weighted by Gasteiger charge is -2.34. The van der Waals surface area contributed by atoms with Gasteiger partial charge in [-0.05, 0) is 52.1 Å². The number of pyridine rings is 2. The SMILES string of the molecule is CC.Cc1nc(N)cc(-c2nc(OC(C)CC3CCN3)c3c(N)nc(OCC45COC(C4)C5)nc3c2F)c1C(F)(F)F. The van der Waals surface area contributed by atoms with Crippen molar-refractivity contribution in [1.82, 2.24) is 25.3 Å². The topological polar surface area (TPSA) is 143 Å². The van der Waals surface area contributed by atoms with E-state index in [2.05, 4.69) is 25.3 Å². The van der Waals surface area contributed by atoms with Crippen LogP contribution in [0.2, 0.25) is 0 Å². The Balaban J connectivity index is 0.00000173. The van der Waals surface area contributed by atoms with Crippen molar-refractivity contribution in [2.75, 3.05) is 31.2 Å². The first-order chi connectivity index (χ1) is 19.9. The number of nitrogens with one attached hydrogen (secondary N) is 1. The Morgan fingerprint density at radius 3 is 2.48 bits per heavy atom. The molecule has 5 N–H and O–H groups in total. The molecular formula is C28H35F4N7O3. The number of aryl methyl sites for hydroxylation is 1. The van der Waals surface area contributed by atoms with Crippen LogP contribution in [0.3, 0.4) is 0 Å². The molecule has 42 heavy (non-hydrogen) atoms. The van der Waals surface area contributed by atoms with Gasteiger partial charge < -0.3 is 31.0 Å². The summed E-state index contributed by atoms with van der Waals surface area (Å²) in [6.07, 6.45) is -1.84. The number of hydrogen-bond acceptors (Lipinski definition) is 10. The van der Waals surface area contributed by atoms with Crippen molar-refractivity contribution >= 4 is 22.5 Å². The molecule has 1 aliphatic carbocycles. The van der Waals surface area contributed by atoms with Crippen LogP contribution in [0.15, 0.2) is 6.07 Å². The Morgan fingerprint density at radius 1 is 1.17 bits per heavy atom. The maximum Gasteiger partial charge on any atom is 0.418 e. The van der Waals surface area contributed by atoms with E-state index in [4.69, 9.17) is 25.7 Å². The lowest BCUT2D eigenvalue weighted by molar-refractivity contribution is -0.137. The second-order valence-corrected chi connectivity index (χ2v) is 11.0. The monoisotopic (exact) mass is 593 g/mol. The summed E-state index contributed by atoms with van der Waals surface area (Å²) < 4.78 is 76.1. The van der Waals surface area contributed by atoms with Gasteiger partial charge in [-0.1, -0.05) is 13.8 Å². The van der Waals surface area contributed by atoms with Gasteiger partial charge in [0, 0.05) is 17.0 Å². The van der Waals surface area contributed by atoms with E-state index in [0.717, 1.165) is 38.8 Å². The highest BCUT2D eigenvalue weighted by Gasteiger charge is 2.52. The third-order valence-corrected chi connectivity index (χ3v) is 7.83. The number of alkyl halides is 3. The van der Waals surface area contributed by atoms with E-state index in [9.17, 15) is 13.2 Å². The summed E-state index contributed by atoms with van der Waals surface area (Å²) in [6.45, 7) is 8.60. The number of rotatable bonds is 8. The van der Waals surface area contributed by atoms with Crippen LogP contribution in [-0.4, -0.2) is 57.9 Å². The Labute approximate surface area is 240 Å². The molecule has 3 aliphatic heterocycles. The highest BCUT2D eigenvalue weighted by atomic mass is 19.4. The molecule has 3 aromatic rings. The molecule has 3 aromatic heterocycles. The largest absolute Gasteiger partial charge is 0.474 e. The van der Waals surface area contributed by atoms with Gasteiger partial charge in [0.2, 0.25) is 5.88 Å². The fourth-order valence-electron chi connectivity index (χ4n) is 5.72. The average Bonchev–Trinajstić information content (AvgIpc) is 3.48. The zero-order valence-electron chi connectivity index (χ0n) is 23.9. The van der Waals surface area contributed by atoms with Crippen molar-refractivity contribution < 1.29 is 31.8 Å². The third kappa shape index (κ3) is 5.61. The van der Waals surface area contributed by atoms with E-state index in [1.54, 1.807) is 6.92 Å². The molecule has 7 rings (SSSR count). The molecule has 4 fully saturated rings.